The Balaban J connectivity index is 1.06. The van der Waals surface area contributed by atoms with Crippen molar-refractivity contribution in [2.45, 2.75) is 12.5 Å². The van der Waals surface area contributed by atoms with E-state index < -0.39 is 0 Å². The molecule has 4 N–H and O–H groups in total. The number of β-amino-alcohol motifs (C(OH)–C–C–N with tert-alkyl or cyclic N) is 1. The van der Waals surface area contributed by atoms with Crippen LogP contribution in [0.3, 0.4) is 0 Å². The van der Waals surface area contributed by atoms with Gasteiger partial charge in [-0.3, -0.25) is 19.3 Å². The van der Waals surface area contributed by atoms with E-state index in [-0.39, 0.29) is 41.8 Å². The number of halogens is 1. The van der Waals surface area contributed by atoms with Gasteiger partial charge >= 0.3 is 0 Å². The number of pyridine rings is 1. The Labute approximate surface area is 278 Å². The first-order valence-electron chi connectivity index (χ1n) is 15.7. The van der Waals surface area contributed by atoms with Gasteiger partial charge in [-0.15, -0.1) is 0 Å². The highest BCUT2D eigenvalue weighted by molar-refractivity contribution is 6.33. The van der Waals surface area contributed by atoms with Crippen molar-refractivity contribution in [2.75, 3.05) is 58.2 Å². The van der Waals surface area contributed by atoms with Crippen LogP contribution in [-0.4, -0.2) is 101 Å². The summed E-state index contributed by atoms with van der Waals surface area (Å²) in [5.74, 6) is -0.370. The molecule has 2 saturated heterocycles. The van der Waals surface area contributed by atoms with E-state index in [9.17, 15) is 14.4 Å². The van der Waals surface area contributed by atoms with Gasteiger partial charge in [0.25, 0.3) is 17.7 Å². The quantitative estimate of drug-likeness (QED) is 0.262. The number of hydrogen-bond donors (Lipinski definition) is 3. The number of nitrogen functional groups attached to an aromatic ring is 1. The average Bonchev–Trinajstić information content (AvgIpc) is 3.57. The van der Waals surface area contributed by atoms with E-state index in [0.29, 0.717) is 60.9 Å². The molecule has 242 valence electrons. The topological polar surface area (TPSA) is 132 Å². The van der Waals surface area contributed by atoms with Gasteiger partial charge in [-0.2, -0.15) is 0 Å². The SMILES string of the molecule is Nc1ncc(-c2ccc(C(=O)N3CCN(CCO)CC3)cc2)cc1C(=O)N[C@@H]1CCN(C(=O)c2ccc(-c3ccccc3Cl)cc2)C1. The molecule has 2 fully saturated rings. The van der Waals surface area contributed by atoms with Gasteiger partial charge in [0.05, 0.1) is 12.2 Å². The van der Waals surface area contributed by atoms with Crippen molar-refractivity contribution in [1.29, 1.82) is 0 Å². The Kier molecular flexibility index (Phi) is 9.81. The Hall–Kier alpha value is -4.77. The maximum atomic E-state index is 13.3. The predicted molar refractivity (Wildman–Crippen MR) is 182 cm³/mol. The number of carbonyl (C=O) groups is 3. The highest BCUT2D eigenvalue weighted by atomic mass is 35.5. The summed E-state index contributed by atoms with van der Waals surface area (Å²) in [6, 6.07) is 23.7. The molecule has 6 rings (SSSR count). The molecule has 3 heterocycles. The molecule has 0 unspecified atom stereocenters. The summed E-state index contributed by atoms with van der Waals surface area (Å²) in [6.07, 6.45) is 2.23. The van der Waals surface area contributed by atoms with Crippen molar-refractivity contribution in [3.8, 4) is 22.3 Å². The number of aliphatic hydroxyl groups is 1. The highest BCUT2D eigenvalue weighted by Crippen LogP contribution is 2.28. The van der Waals surface area contributed by atoms with Crippen LogP contribution in [0.5, 0.6) is 0 Å². The van der Waals surface area contributed by atoms with Gasteiger partial charge in [0.2, 0.25) is 0 Å². The number of rotatable bonds is 8. The van der Waals surface area contributed by atoms with Crippen LogP contribution in [0.2, 0.25) is 5.02 Å². The molecule has 1 aromatic heterocycles. The first kappa shape index (κ1) is 32.2. The molecule has 3 aromatic carbocycles. The number of hydrogen-bond acceptors (Lipinski definition) is 7. The summed E-state index contributed by atoms with van der Waals surface area (Å²) in [5, 5.41) is 12.8. The zero-order chi connectivity index (χ0) is 32.9. The summed E-state index contributed by atoms with van der Waals surface area (Å²) in [6.45, 7) is 4.34. The number of nitrogens with two attached hydrogens (primary N) is 1. The largest absolute Gasteiger partial charge is 0.395 e. The minimum atomic E-state index is -0.354. The maximum Gasteiger partial charge on any atom is 0.255 e. The molecule has 2 aliphatic rings. The van der Waals surface area contributed by atoms with E-state index in [1.807, 2.05) is 53.4 Å². The van der Waals surface area contributed by atoms with Crippen molar-refractivity contribution < 1.29 is 19.5 Å². The summed E-state index contributed by atoms with van der Waals surface area (Å²) in [5.41, 5.74) is 10.9. The molecule has 47 heavy (non-hydrogen) atoms. The van der Waals surface area contributed by atoms with Crippen LogP contribution in [0.15, 0.2) is 85.1 Å². The second kappa shape index (κ2) is 14.3. The van der Waals surface area contributed by atoms with Crippen LogP contribution < -0.4 is 11.1 Å². The lowest BCUT2D eigenvalue weighted by molar-refractivity contribution is 0.0614. The normalized spacial score (nSPS) is 16.7. The number of amides is 3. The summed E-state index contributed by atoms with van der Waals surface area (Å²) >= 11 is 6.33. The van der Waals surface area contributed by atoms with Crippen LogP contribution in [0.1, 0.15) is 37.5 Å². The number of carbonyl (C=O) groups excluding carboxylic acids is 3. The molecule has 3 amide bonds. The summed E-state index contributed by atoms with van der Waals surface area (Å²) in [4.78, 5) is 49.6. The minimum absolute atomic E-state index is 0.0334. The number of anilines is 1. The maximum absolute atomic E-state index is 13.3. The molecule has 0 spiro atoms. The third-order valence-corrected chi connectivity index (χ3v) is 9.16. The van der Waals surface area contributed by atoms with Gasteiger partial charge in [0.15, 0.2) is 0 Å². The lowest BCUT2D eigenvalue weighted by Crippen LogP contribution is -2.49. The van der Waals surface area contributed by atoms with Crippen molar-refractivity contribution in [3.63, 3.8) is 0 Å². The van der Waals surface area contributed by atoms with Crippen LogP contribution in [0, 0.1) is 0 Å². The predicted octanol–water partition coefficient (Wildman–Crippen LogP) is 4.05. The van der Waals surface area contributed by atoms with E-state index in [2.05, 4.69) is 15.2 Å². The third kappa shape index (κ3) is 7.30. The molecule has 1 atom stereocenters. The second-order valence-electron chi connectivity index (χ2n) is 11.9. The van der Waals surface area contributed by atoms with Gasteiger partial charge in [0.1, 0.15) is 5.82 Å². The van der Waals surface area contributed by atoms with Crippen molar-refractivity contribution in [1.82, 2.24) is 25.0 Å². The molecule has 0 radical (unpaired) electrons. The fourth-order valence-electron chi connectivity index (χ4n) is 6.11. The summed E-state index contributed by atoms with van der Waals surface area (Å²) in [7, 11) is 0. The zero-order valence-electron chi connectivity index (χ0n) is 25.9. The monoisotopic (exact) mass is 652 g/mol. The molecule has 4 aromatic rings. The van der Waals surface area contributed by atoms with Gasteiger partial charge in [-0.25, -0.2) is 4.98 Å². The van der Waals surface area contributed by atoms with E-state index in [1.54, 1.807) is 41.4 Å². The van der Waals surface area contributed by atoms with Gasteiger partial charge in [-0.05, 0) is 53.9 Å². The fraction of sp³-hybridized carbons (Fsp3) is 0.278. The molecule has 10 nitrogen and oxygen atoms in total. The van der Waals surface area contributed by atoms with E-state index in [1.165, 1.54) is 0 Å². The Morgan fingerprint density at radius 3 is 2.13 bits per heavy atom. The minimum Gasteiger partial charge on any atom is -0.395 e. The Morgan fingerprint density at radius 2 is 1.47 bits per heavy atom. The second-order valence-corrected chi connectivity index (χ2v) is 12.3. The molecule has 0 aliphatic carbocycles. The number of likely N-dealkylation sites (tertiary alicyclic amines) is 1. The smallest absolute Gasteiger partial charge is 0.255 e. The van der Waals surface area contributed by atoms with Crippen LogP contribution in [0.4, 0.5) is 5.82 Å². The van der Waals surface area contributed by atoms with Crippen LogP contribution >= 0.6 is 11.6 Å². The lowest BCUT2D eigenvalue weighted by atomic mass is 10.0. The van der Waals surface area contributed by atoms with E-state index in [0.717, 1.165) is 29.8 Å². The zero-order valence-corrected chi connectivity index (χ0v) is 26.7. The molecular weight excluding hydrogens is 616 g/mol. The molecular formula is C36H37ClN6O4. The fourth-order valence-corrected chi connectivity index (χ4v) is 6.36. The molecule has 0 saturated carbocycles. The Morgan fingerprint density at radius 1 is 0.830 bits per heavy atom. The van der Waals surface area contributed by atoms with Crippen molar-refractivity contribution >= 4 is 35.1 Å². The number of nitrogens with one attached hydrogen (secondary N) is 1. The average molecular weight is 653 g/mol. The van der Waals surface area contributed by atoms with Gasteiger partial charge in [-0.1, -0.05) is 54.1 Å². The first-order valence-corrected chi connectivity index (χ1v) is 16.1. The van der Waals surface area contributed by atoms with Crippen LogP contribution in [0.25, 0.3) is 22.3 Å². The highest BCUT2D eigenvalue weighted by Gasteiger charge is 2.29. The first-order chi connectivity index (χ1) is 22.8. The summed E-state index contributed by atoms with van der Waals surface area (Å²) < 4.78 is 0. The number of nitrogens with zero attached hydrogens (tertiary/aromatic N) is 4. The standard InChI is InChI=1S/C36H37ClN6O4/c37-32-4-2-1-3-30(32)25-7-11-27(12-8-25)36(47)43-14-13-29(23-43)40-34(45)31-21-28(22-39-33(31)38)24-5-9-26(10-6-24)35(46)42-17-15-41(16-18-42)19-20-44/h1-12,21-22,29,44H,13-20,23H2,(H2,38,39)(H,40,45)/t29-/m1/s1. The lowest BCUT2D eigenvalue weighted by Gasteiger charge is -2.34. The van der Waals surface area contributed by atoms with Crippen LogP contribution in [-0.2, 0) is 0 Å². The molecule has 2 aliphatic heterocycles. The number of piperazine rings is 1. The van der Waals surface area contributed by atoms with E-state index in [4.69, 9.17) is 22.4 Å². The van der Waals surface area contributed by atoms with Gasteiger partial charge < -0.3 is 26.0 Å². The van der Waals surface area contributed by atoms with Crippen molar-refractivity contribution in [2.24, 2.45) is 0 Å². The van der Waals surface area contributed by atoms with Crippen molar-refractivity contribution in [3.05, 3.63) is 107 Å². The Bertz CT molecular complexity index is 1760. The van der Waals surface area contributed by atoms with Gasteiger partial charge in [0, 0.05) is 85.3 Å². The third-order valence-electron chi connectivity index (χ3n) is 8.83. The van der Waals surface area contributed by atoms with E-state index >= 15 is 0 Å². The number of aromatic nitrogens is 1. The molecule has 0 bridgehead atoms. The molecule has 11 heteroatoms. The number of aliphatic hydroxyl groups excluding tert-OH is 1. The number of benzene rings is 3.